The first-order valence-electron chi connectivity index (χ1n) is 7.01. The number of rotatable bonds is 5. The average Bonchev–Trinajstić information content (AvgIpc) is 3.32. The summed E-state index contributed by atoms with van der Waals surface area (Å²) in [5, 5.41) is 4.30. The molecule has 1 aliphatic carbocycles. The Bertz CT molecular complexity index is 594. The van der Waals surface area contributed by atoms with Crippen molar-refractivity contribution < 1.29 is 0 Å². The molecule has 0 bridgehead atoms. The van der Waals surface area contributed by atoms with E-state index in [1.54, 1.807) is 11.8 Å². The Morgan fingerprint density at radius 1 is 1.20 bits per heavy atom. The molecule has 104 valence electrons. The number of nitrogens with zero attached hydrogens (tertiary/aromatic N) is 2. The summed E-state index contributed by atoms with van der Waals surface area (Å²) in [6.07, 6.45) is 2.46. The normalized spacial score (nSPS) is 14.3. The maximum Gasteiger partial charge on any atom is 0.135 e. The molecule has 0 unspecified atom stereocenters. The van der Waals surface area contributed by atoms with Gasteiger partial charge in [-0.2, -0.15) is 0 Å². The molecule has 1 aliphatic rings. The SMILES string of the molecule is CNc1nc(C2CC2)nc(SCc2ccccc2)c1C. The van der Waals surface area contributed by atoms with Crippen LogP contribution in [0.3, 0.4) is 0 Å². The van der Waals surface area contributed by atoms with Crippen molar-refractivity contribution in [2.24, 2.45) is 0 Å². The number of nitrogens with one attached hydrogen (secondary N) is 1. The van der Waals surface area contributed by atoms with Gasteiger partial charge < -0.3 is 5.32 Å². The second kappa shape index (κ2) is 5.83. The lowest BCUT2D eigenvalue weighted by atomic mass is 10.2. The van der Waals surface area contributed by atoms with Crippen molar-refractivity contribution in [2.75, 3.05) is 12.4 Å². The zero-order chi connectivity index (χ0) is 13.9. The van der Waals surface area contributed by atoms with Gasteiger partial charge in [-0.1, -0.05) is 30.3 Å². The van der Waals surface area contributed by atoms with Gasteiger partial charge >= 0.3 is 0 Å². The lowest BCUT2D eigenvalue weighted by Crippen LogP contribution is -2.04. The number of hydrogen-bond acceptors (Lipinski definition) is 4. The molecule has 3 nitrogen and oxygen atoms in total. The highest BCUT2D eigenvalue weighted by molar-refractivity contribution is 7.98. The predicted molar refractivity (Wildman–Crippen MR) is 84.3 cm³/mol. The maximum absolute atomic E-state index is 4.77. The summed E-state index contributed by atoms with van der Waals surface area (Å²) in [5.41, 5.74) is 2.48. The van der Waals surface area contributed by atoms with E-state index in [1.165, 1.54) is 18.4 Å². The van der Waals surface area contributed by atoms with Gasteiger partial charge in [0.05, 0.1) is 0 Å². The molecule has 1 heterocycles. The number of aromatic nitrogens is 2. The Hall–Kier alpha value is -1.55. The van der Waals surface area contributed by atoms with Crippen molar-refractivity contribution >= 4 is 17.6 Å². The average molecular weight is 285 g/mol. The molecule has 4 heteroatoms. The fraction of sp³-hybridized carbons (Fsp3) is 0.375. The zero-order valence-corrected chi connectivity index (χ0v) is 12.7. The third kappa shape index (κ3) is 2.96. The third-order valence-electron chi connectivity index (χ3n) is 3.52. The van der Waals surface area contributed by atoms with Crippen LogP contribution in [0.1, 0.15) is 35.7 Å². The molecule has 0 radical (unpaired) electrons. The predicted octanol–water partition coefficient (Wildman–Crippen LogP) is 4.00. The molecule has 1 N–H and O–H groups in total. The van der Waals surface area contributed by atoms with Gasteiger partial charge in [0.1, 0.15) is 16.7 Å². The van der Waals surface area contributed by atoms with Gasteiger partial charge in [-0.3, -0.25) is 0 Å². The minimum absolute atomic E-state index is 0.582. The van der Waals surface area contributed by atoms with Crippen LogP contribution >= 0.6 is 11.8 Å². The van der Waals surface area contributed by atoms with Crippen LogP contribution in [0.25, 0.3) is 0 Å². The molecule has 3 rings (SSSR count). The number of anilines is 1. The number of thioether (sulfide) groups is 1. The van der Waals surface area contributed by atoms with Crippen LogP contribution in [-0.4, -0.2) is 17.0 Å². The van der Waals surface area contributed by atoms with Crippen LogP contribution in [0, 0.1) is 6.92 Å². The highest BCUT2D eigenvalue weighted by Crippen LogP contribution is 2.40. The van der Waals surface area contributed by atoms with E-state index < -0.39 is 0 Å². The van der Waals surface area contributed by atoms with Crippen molar-refractivity contribution in [3.63, 3.8) is 0 Å². The molecule has 1 aromatic heterocycles. The van der Waals surface area contributed by atoms with E-state index in [9.17, 15) is 0 Å². The van der Waals surface area contributed by atoms with Gasteiger partial charge in [-0.05, 0) is 25.3 Å². The van der Waals surface area contributed by atoms with Crippen LogP contribution in [0.5, 0.6) is 0 Å². The summed E-state index contributed by atoms with van der Waals surface area (Å²) in [5.74, 6) is 3.51. The Balaban J connectivity index is 1.82. The van der Waals surface area contributed by atoms with Gasteiger partial charge in [0, 0.05) is 24.3 Å². The Morgan fingerprint density at radius 3 is 2.60 bits per heavy atom. The van der Waals surface area contributed by atoms with E-state index in [0.717, 1.165) is 28.0 Å². The molecule has 0 amide bonds. The van der Waals surface area contributed by atoms with Crippen LogP contribution < -0.4 is 5.32 Å². The Kier molecular flexibility index (Phi) is 3.92. The van der Waals surface area contributed by atoms with Gasteiger partial charge in [-0.15, -0.1) is 11.8 Å². The van der Waals surface area contributed by atoms with E-state index in [1.807, 2.05) is 7.05 Å². The molecular weight excluding hydrogens is 266 g/mol. The first kappa shape index (κ1) is 13.4. The Labute approximate surface area is 124 Å². The van der Waals surface area contributed by atoms with E-state index in [-0.39, 0.29) is 0 Å². The quantitative estimate of drug-likeness (QED) is 0.665. The second-order valence-electron chi connectivity index (χ2n) is 5.16. The molecule has 2 aromatic rings. The summed E-state index contributed by atoms with van der Waals surface area (Å²) < 4.78 is 0. The highest BCUT2D eigenvalue weighted by atomic mass is 32.2. The van der Waals surface area contributed by atoms with Crippen molar-refractivity contribution in [3.8, 4) is 0 Å². The fourth-order valence-corrected chi connectivity index (χ4v) is 3.11. The molecule has 1 fully saturated rings. The molecule has 0 saturated heterocycles. The van der Waals surface area contributed by atoms with Crippen molar-refractivity contribution in [1.82, 2.24) is 9.97 Å². The Morgan fingerprint density at radius 2 is 1.95 bits per heavy atom. The van der Waals surface area contributed by atoms with E-state index in [2.05, 4.69) is 47.6 Å². The molecule has 20 heavy (non-hydrogen) atoms. The number of hydrogen-bond donors (Lipinski definition) is 1. The fourth-order valence-electron chi connectivity index (χ4n) is 2.15. The summed E-state index contributed by atoms with van der Waals surface area (Å²) in [6, 6.07) is 10.5. The lowest BCUT2D eigenvalue weighted by Gasteiger charge is -2.11. The van der Waals surface area contributed by atoms with E-state index in [4.69, 9.17) is 4.98 Å². The molecule has 0 atom stereocenters. The smallest absolute Gasteiger partial charge is 0.135 e. The zero-order valence-electron chi connectivity index (χ0n) is 11.9. The second-order valence-corrected chi connectivity index (χ2v) is 6.12. The molecule has 0 spiro atoms. The highest BCUT2D eigenvalue weighted by Gasteiger charge is 2.28. The monoisotopic (exact) mass is 285 g/mol. The van der Waals surface area contributed by atoms with Gasteiger partial charge in [0.15, 0.2) is 0 Å². The van der Waals surface area contributed by atoms with E-state index in [0.29, 0.717) is 5.92 Å². The number of benzene rings is 1. The van der Waals surface area contributed by atoms with Crippen LogP contribution in [0.2, 0.25) is 0 Å². The summed E-state index contributed by atoms with van der Waals surface area (Å²) in [7, 11) is 1.93. The van der Waals surface area contributed by atoms with Crippen molar-refractivity contribution in [1.29, 1.82) is 0 Å². The van der Waals surface area contributed by atoms with Crippen LogP contribution in [0.15, 0.2) is 35.4 Å². The molecule has 0 aliphatic heterocycles. The topological polar surface area (TPSA) is 37.8 Å². The van der Waals surface area contributed by atoms with E-state index >= 15 is 0 Å². The largest absolute Gasteiger partial charge is 0.373 e. The third-order valence-corrected chi connectivity index (χ3v) is 4.66. The standard InChI is InChI=1S/C16H19N3S/c1-11-14(17-2)18-15(13-8-9-13)19-16(11)20-10-12-6-4-3-5-7-12/h3-7,13H,8-10H2,1-2H3,(H,17,18,19). The van der Waals surface area contributed by atoms with Gasteiger partial charge in [-0.25, -0.2) is 9.97 Å². The van der Waals surface area contributed by atoms with Crippen LogP contribution in [-0.2, 0) is 5.75 Å². The van der Waals surface area contributed by atoms with Crippen molar-refractivity contribution in [2.45, 2.75) is 36.5 Å². The molecule has 1 aromatic carbocycles. The van der Waals surface area contributed by atoms with Crippen molar-refractivity contribution in [3.05, 3.63) is 47.3 Å². The molecule has 1 saturated carbocycles. The van der Waals surface area contributed by atoms with Gasteiger partial charge in [0.25, 0.3) is 0 Å². The summed E-state index contributed by atoms with van der Waals surface area (Å²) in [6.45, 7) is 2.09. The van der Waals surface area contributed by atoms with Crippen LogP contribution in [0.4, 0.5) is 5.82 Å². The summed E-state index contributed by atoms with van der Waals surface area (Å²) in [4.78, 5) is 9.40. The molecular formula is C16H19N3S. The maximum atomic E-state index is 4.77. The first-order valence-corrected chi connectivity index (χ1v) is 7.99. The lowest BCUT2D eigenvalue weighted by molar-refractivity contribution is 0.864. The minimum atomic E-state index is 0.582. The first-order chi connectivity index (χ1) is 9.78. The minimum Gasteiger partial charge on any atom is -0.373 e. The van der Waals surface area contributed by atoms with Gasteiger partial charge in [0.2, 0.25) is 0 Å². The summed E-state index contributed by atoms with van der Waals surface area (Å²) >= 11 is 1.80.